The van der Waals surface area contributed by atoms with Crippen molar-refractivity contribution in [1.82, 2.24) is 0 Å². The molecule has 0 atom stereocenters. The summed E-state index contributed by atoms with van der Waals surface area (Å²) in [7, 11) is 0. The lowest BCUT2D eigenvalue weighted by molar-refractivity contribution is -0.176. The van der Waals surface area contributed by atoms with Crippen molar-refractivity contribution >= 4 is 0 Å². The van der Waals surface area contributed by atoms with Gasteiger partial charge in [0, 0.05) is 12.0 Å². The lowest BCUT2D eigenvalue weighted by Crippen LogP contribution is -2.16. The van der Waals surface area contributed by atoms with Crippen LogP contribution in [0.4, 0.5) is 17.6 Å². The van der Waals surface area contributed by atoms with Crippen molar-refractivity contribution in [3.63, 3.8) is 0 Å². The number of aliphatic hydroxyl groups is 1. The van der Waals surface area contributed by atoms with Crippen molar-refractivity contribution in [3.05, 3.63) is 35.1 Å². The van der Waals surface area contributed by atoms with Gasteiger partial charge in [-0.05, 0) is 17.7 Å². The van der Waals surface area contributed by atoms with Gasteiger partial charge in [-0.2, -0.15) is 13.2 Å². The van der Waals surface area contributed by atoms with Crippen molar-refractivity contribution in [1.29, 1.82) is 0 Å². The summed E-state index contributed by atoms with van der Waals surface area (Å²) in [6.07, 6.45) is -4.19. The molecular formula is C13H12F4O2. The molecule has 0 saturated heterocycles. The number of hydrogen-bond donors (Lipinski definition) is 1. The van der Waals surface area contributed by atoms with Crippen LogP contribution in [0, 0.1) is 17.7 Å². The molecule has 2 nitrogen and oxygen atoms in total. The van der Waals surface area contributed by atoms with Gasteiger partial charge in [0.25, 0.3) is 0 Å². The van der Waals surface area contributed by atoms with Crippen molar-refractivity contribution in [2.75, 3.05) is 13.2 Å². The summed E-state index contributed by atoms with van der Waals surface area (Å²) in [5.74, 6) is 4.64. The second kappa shape index (κ2) is 7.12. The highest BCUT2D eigenvalue weighted by molar-refractivity contribution is 5.41. The molecule has 0 heterocycles. The molecule has 0 aromatic heterocycles. The van der Waals surface area contributed by atoms with E-state index in [1.807, 2.05) is 0 Å². The van der Waals surface area contributed by atoms with Gasteiger partial charge in [0.15, 0.2) is 0 Å². The zero-order valence-corrected chi connectivity index (χ0v) is 9.93. The first-order chi connectivity index (χ1) is 8.92. The number of halogens is 4. The largest absolute Gasteiger partial charge is 0.411 e. The Bertz CT molecular complexity index is 472. The van der Waals surface area contributed by atoms with Gasteiger partial charge < -0.3 is 9.84 Å². The lowest BCUT2D eigenvalue weighted by Gasteiger charge is -2.09. The summed E-state index contributed by atoms with van der Waals surface area (Å²) in [4.78, 5) is 0. The van der Waals surface area contributed by atoms with Crippen molar-refractivity contribution in [2.45, 2.75) is 19.2 Å². The highest BCUT2D eigenvalue weighted by Crippen LogP contribution is 2.17. The molecule has 1 aromatic carbocycles. The van der Waals surface area contributed by atoms with Crippen LogP contribution in [0.5, 0.6) is 0 Å². The van der Waals surface area contributed by atoms with E-state index in [1.165, 1.54) is 6.07 Å². The summed E-state index contributed by atoms with van der Waals surface area (Å²) in [6, 6.07) is 3.58. The van der Waals surface area contributed by atoms with E-state index >= 15 is 0 Å². The minimum absolute atomic E-state index is 0.137. The zero-order chi connectivity index (χ0) is 14.3. The van der Waals surface area contributed by atoms with Crippen LogP contribution in [0.25, 0.3) is 0 Å². The van der Waals surface area contributed by atoms with E-state index in [1.54, 1.807) is 0 Å². The zero-order valence-electron chi connectivity index (χ0n) is 9.93. The quantitative estimate of drug-likeness (QED) is 0.676. The second-order valence-electron chi connectivity index (χ2n) is 3.68. The Balaban J connectivity index is 2.74. The summed E-state index contributed by atoms with van der Waals surface area (Å²) < 4.78 is 53.3. The van der Waals surface area contributed by atoms with Crippen LogP contribution in [0.15, 0.2) is 18.2 Å². The van der Waals surface area contributed by atoms with E-state index in [4.69, 9.17) is 5.11 Å². The highest BCUT2D eigenvalue weighted by Gasteiger charge is 2.27. The summed E-state index contributed by atoms with van der Waals surface area (Å²) in [6.45, 7) is -1.81. The van der Waals surface area contributed by atoms with Crippen LogP contribution >= 0.6 is 0 Å². The fourth-order valence-corrected chi connectivity index (χ4v) is 1.28. The Morgan fingerprint density at radius 3 is 2.63 bits per heavy atom. The summed E-state index contributed by atoms with van der Waals surface area (Å²) in [5, 5.41) is 8.57. The first-order valence-corrected chi connectivity index (χ1v) is 5.45. The predicted octanol–water partition coefficient (Wildman–Crippen LogP) is 2.64. The average Bonchev–Trinajstić information content (AvgIpc) is 2.30. The first kappa shape index (κ1) is 15.5. The normalized spacial score (nSPS) is 11.0. The lowest BCUT2D eigenvalue weighted by atomic mass is 10.1. The average molecular weight is 276 g/mol. The Labute approximate surface area is 108 Å². The molecule has 0 bridgehead atoms. The van der Waals surface area contributed by atoms with E-state index in [-0.39, 0.29) is 25.2 Å². The minimum Gasteiger partial charge on any atom is -0.395 e. The number of alkyl halides is 3. The third-order valence-corrected chi connectivity index (χ3v) is 2.06. The molecule has 0 aliphatic carbocycles. The maximum Gasteiger partial charge on any atom is 0.411 e. The molecule has 104 valence electrons. The first-order valence-electron chi connectivity index (χ1n) is 5.45. The fourth-order valence-electron chi connectivity index (χ4n) is 1.28. The maximum atomic E-state index is 13.0. The molecule has 1 N–H and O–H groups in total. The van der Waals surface area contributed by atoms with Gasteiger partial charge in [0.2, 0.25) is 0 Å². The molecule has 0 radical (unpaired) electrons. The molecule has 0 spiro atoms. The molecule has 19 heavy (non-hydrogen) atoms. The third-order valence-electron chi connectivity index (χ3n) is 2.06. The molecule has 0 fully saturated rings. The third kappa shape index (κ3) is 6.22. The van der Waals surface area contributed by atoms with Crippen molar-refractivity contribution in [2.24, 2.45) is 0 Å². The molecule has 0 unspecified atom stereocenters. The predicted molar refractivity (Wildman–Crippen MR) is 60.7 cm³/mol. The van der Waals surface area contributed by atoms with Gasteiger partial charge in [-0.25, -0.2) is 4.39 Å². The Morgan fingerprint density at radius 1 is 1.26 bits per heavy atom. The second-order valence-corrected chi connectivity index (χ2v) is 3.68. The smallest absolute Gasteiger partial charge is 0.395 e. The Morgan fingerprint density at radius 2 is 2.00 bits per heavy atom. The van der Waals surface area contributed by atoms with E-state index in [0.717, 1.165) is 12.1 Å². The molecule has 0 aliphatic heterocycles. The standard InChI is InChI=1S/C13H12F4O2/c14-12-5-4-11(8-19-9-13(15,16)17)10(7-12)3-1-2-6-18/h4-5,7,18H,2,6,8-9H2. The minimum atomic E-state index is -4.40. The van der Waals surface area contributed by atoms with E-state index in [9.17, 15) is 17.6 Å². The SMILES string of the molecule is OCCC#Cc1cc(F)ccc1COCC(F)(F)F. The monoisotopic (exact) mass is 276 g/mol. The van der Waals surface area contributed by atoms with E-state index in [2.05, 4.69) is 16.6 Å². The van der Waals surface area contributed by atoms with Gasteiger partial charge in [0.1, 0.15) is 12.4 Å². The molecule has 1 aromatic rings. The van der Waals surface area contributed by atoms with Crippen LogP contribution in [0.2, 0.25) is 0 Å². The van der Waals surface area contributed by atoms with Crippen molar-refractivity contribution < 1.29 is 27.4 Å². The van der Waals surface area contributed by atoms with Crippen LogP contribution < -0.4 is 0 Å². The van der Waals surface area contributed by atoms with Crippen LogP contribution in [-0.2, 0) is 11.3 Å². The maximum absolute atomic E-state index is 13.0. The molecule has 0 saturated carbocycles. The van der Waals surface area contributed by atoms with Crippen molar-refractivity contribution in [3.8, 4) is 11.8 Å². The van der Waals surface area contributed by atoms with E-state index in [0.29, 0.717) is 5.56 Å². The number of rotatable bonds is 4. The van der Waals surface area contributed by atoms with Gasteiger partial charge in [-0.3, -0.25) is 0 Å². The summed E-state index contributed by atoms with van der Waals surface area (Å²) in [5.41, 5.74) is 0.631. The molecule has 0 aliphatic rings. The Hall–Kier alpha value is -1.58. The molecule has 6 heteroatoms. The van der Waals surface area contributed by atoms with Gasteiger partial charge in [-0.1, -0.05) is 17.9 Å². The van der Waals surface area contributed by atoms with Crippen LogP contribution in [-0.4, -0.2) is 24.5 Å². The Kier molecular flexibility index (Phi) is 5.80. The number of aliphatic hydroxyl groups excluding tert-OH is 1. The van der Waals surface area contributed by atoms with Gasteiger partial charge >= 0.3 is 6.18 Å². The van der Waals surface area contributed by atoms with E-state index < -0.39 is 18.6 Å². The fraction of sp³-hybridized carbons (Fsp3) is 0.385. The topological polar surface area (TPSA) is 29.5 Å². The molecule has 1 rings (SSSR count). The summed E-state index contributed by atoms with van der Waals surface area (Å²) >= 11 is 0. The number of ether oxygens (including phenoxy) is 1. The van der Waals surface area contributed by atoms with Crippen LogP contribution in [0.1, 0.15) is 17.5 Å². The van der Waals surface area contributed by atoms with Gasteiger partial charge in [-0.15, -0.1) is 0 Å². The number of benzene rings is 1. The highest BCUT2D eigenvalue weighted by atomic mass is 19.4. The van der Waals surface area contributed by atoms with Crippen LogP contribution in [0.3, 0.4) is 0 Å². The molecular weight excluding hydrogens is 264 g/mol. The van der Waals surface area contributed by atoms with Gasteiger partial charge in [0.05, 0.1) is 13.2 Å². The molecule has 0 amide bonds. The number of hydrogen-bond acceptors (Lipinski definition) is 2.